The zero-order chi connectivity index (χ0) is 10.2. The summed E-state index contributed by atoms with van der Waals surface area (Å²) in [6.45, 7) is 3.45. The topological polar surface area (TPSA) is 17.1 Å². The number of allylic oxidation sites excluding steroid dienone is 1. The van der Waals surface area contributed by atoms with Gasteiger partial charge in [-0.25, -0.2) is 0 Å². The normalized spacial score (nSPS) is 9.14. The second kappa shape index (κ2) is 6.39. The van der Waals surface area contributed by atoms with Gasteiger partial charge in [0, 0.05) is 0 Å². The third-order valence-corrected chi connectivity index (χ3v) is 3.58. The number of hydrogen-bond donors (Lipinski definition) is 0. The summed E-state index contributed by atoms with van der Waals surface area (Å²) in [4.78, 5) is 11.4. The Labute approximate surface area is 90.7 Å². The molecule has 72 valence electrons. The van der Waals surface area contributed by atoms with Gasteiger partial charge in [-0.05, 0) is 0 Å². The van der Waals surface area contributed by atoms with Crippen LogP contribution >= 0.6 is 0 Å². The third kappa shape index (κ3) is 4.25. The van der Waals surface area contributed by atoms with Gasteiger partial charge in [-0.2, -0.15) is 0 Å². The molecule has 0 aliphatic rings. The van der Waals surface area contributed by atoms with Crippen LogP contribution in [0.1, 0.15) is 12.8 Å². The molecule has 14 heavy (non-hydrogen) atoms. The molecule has 0 aliphatic carbocycles. The molecule has 0 heterocycles. The quantitative estimate of drug-likeness (QED) is 0.574. The maximum atomic E-state index is 11.4. The van der Waals surface area contributed by atoms with Gasteiger partial charge in [-0.1, -0.05) is 0 Å². The third-order valence-electron chi connectivity index (χ3n) is 1.61. The van der Waals surface area contributed by atoms with Crippen LogP contribution in [0.3, 0.4) is 0 Å². The van der Waals surface area contributed by atoms with Crippen LogP contribution in [0.15, 0.2) is 48.7 Å². The predicted molar refractivity (Wildman–Crippen MR) is 59.8 cm³/mol. The van der Waals surface area contributed by atoms with E-state index in [0.717, 1.165) is 10.9 Å². The Balaban J connectivity index is 2.38. The van der Waals surface area contributed by atoms with Crippen molar-refractivity contribution in [3.63, 3.8) is 0 Å². The van der Waals surface area contributed by atoms with Crippen LogP contribution in [0.2, 0.25) is 0 Å². The van der Waals surface area contributed by atoms with Crippen molar-refractivity contribution >= 4 is 24.1 Å². The zero-order valence-corrected chi connectivity index (χ0v) is 9.61. The first kappa shape index (κ1) is 11.0. The van der Waals surface area contributed by atoms with E-state index in [1.54, 1.807) is 6.08 Å². The van der Waals surface area contributed by atoms with Crippen LogP contribution in [0.5, 0.6) is 0 Å². The minimum atomic E-state index is -0.0315. The number of carbonyl (C=O) groups excluding carboxylic acids is 1. The van der Waals surface area contributed by atoms with Crippen molar-refractivity contribution in [2.45, 2.75) is 12.8 Å². The van der Waals surface area contributed by atoms with E-state index in [-0.39, 0.29) is 15.0 Å². The van der Waals surface area contributed by atoms with Crippen molar-refractivity contribution in [1.82, 2.24) is 0 Å². The predicted octanol–water partition coefficient (Wildman–Crippen LogP) is 1.66. The van der Waals surface area contributed by atoms with Gasteiger partial charge in [-0.3, -0.25) is 0 Å². The fraction of sp³-hybridized carbons (Fsp3) is 0.167. The SMILES string of the molecule is C=C=CCCC(=O)[Se]c1ccccc1. The fourth-order valence-electron chi connectivity index (χ4n) is 0.963. The summed E-state index contributed by atoms with van der Waals surface area (Å²) in [5.41, 5.74) is 2.67. The molecule has 1 nitrogen and oxygen atoms in total. The van der Waals surface area contributed by atoms with Crippen molar-refractivity contribution < 1.29 is 4.79 Å². The van der Waals surface area contributed by atoms with Crippen molar-refractivity contribution in [3.8, 4) is 0 Å². The maximum absolute atomic E-state index is 11.4. The zero-order valence-electron chi connectivity index (χ0n) is 7.90. The summed E-state index contributed by atoms with van der Waals surface area (Å²) in [7, 11) is 0. The van der Waals surface area contributed by atoms with Crippen LogP contribution < -0.4 is 4.46 Å². The summed E-state index contributed by atoms with van der Waals surface area (Å²) in [5, 5.41) is 0. The van der Waals surface area contributed by atoms with E-state index in [2.05, 4.69) is 12.3 Å². The van der Waals surface area contributed by atoms with Gasteiger partial charge in [0.25, 0.3) is 0 Å². The molecule has 0 aliphatic heterocycles. The molecule has 0 bridgehead atoms. The van der Waals surface area contributed by atoms with E-state index < -0.39 is 0 Å². The summed E-state index contributed by atoms with van der Waals surface area (Å²) in [6, 6.07) is 9.90. The Morgan fingerprint density at radius 2 is 2.14 bits per heavy atom. The van der Waals surface area contributed by atoms with E-state index in [0.29, 0.717) is 11.1 Å². The van der Waals surface area contributed by atoms with E-state index >= 15 is 0 Å². The number of hydrogen-bond acceptors (Lipinski definition) is 1. The van der Waals surface area contributed by atoms with E-state index in [1.807, 2.05) is 30.3 Å². The Bertz CT molecular complexity index is 337. The van der Waals surface area contributed by atoms with E-state index in [9.17, 15) is 4.79 Å². The minimum absolute atomic E-state index is 0.0315. The molecule has 0 N–H and O–H groups in total. The Morgan fingerprint density at radius 3 is 2.79 bits per heavy atom. The molecule has 0 aromatic heterocycles. The van der Waals surface area contributed by atoms with Gasteiger partial charge in [0.15, 0.2) is 0 Å². The monoisotopic (exact) mass is 252 g/mol. The Morgan fingerprint density at radius 1 is 1.43 bits per heavy atom. The average molecular weight is 251 g/mol. The van der Waals surface area contributed by atoms with Crippen LogP contribution in [0.25, 0.3) is 0 Å². The molecule has 1 aromatic carbocycles. The van der Waals surface area contributed by atoms with Crippen LogP contribution in [0, 0.1) is 0 Å². The second-order valence-corrected chi connectivity index (χ2v) is 5.11. The van der Waals surface area contributed by atoms with Crippen LogP contribution in [-0.4, -0.2) is 19.6 Å². The Hall–Kier alpha value is -1.07. The molecule has 0 spiro atoms. The number of carbonyl (C=O) groups is 1. The van der Waals surface area contributed by atoms with Crippen molar-refractivity contribution in [1.29, 1.82) is 0 Å². The molecule has 1 aromatic rings. The Kier molecular flexibility index (Phi) is 5.03. The van der Waals surface area contributed by atoms with E-state index in [4.69, 9.17) is 0 Å². The molecular weight excluding hydrogens is 239 g/mol. The fourth-order valence-corrected chi connectivity index (χ4v) is 2.59. The molecule has 0 unspecified atom stereocenters. The van der Waals surface area contributed by atoms with Crippen molar-refractivity contribution in [2.24, 2.45) is 0 Å². The van der Waals surface area contributed by atoms with Gasteiger partial charge >= 0.3 is 90.5 Å². The molecule has 0 fully saturated rings. The first-order chi connectivity index (χ1) is 6.83. The van der Waals surface area contributed by atoms with Crippen molar-refractivity contribution in [3.05, 3.63) is 48.7 Å². The standard InChI is InChI=1S/C12H12OSe/c1-2-3-5-10-12(13)14-11-8-6-4-7-9-11/h3-4,6-9H,1,5,10H2. The molecule has 0 saturated heterocycles. The summed E-state index contributed by atoms with van der Waals surface area (Å²) < 4.78 is 1.47. The van der Waals surface area contributed by atoms with Gasteiger partial charge in [-0.15, -0.1) is 0 Å². The number of benzene rings is 1. The summed E-state index contributed by atoms with van der Waals surface area (Å²) >= 11 is -0.0315. The van der Waals surface area contributed by atoms with Crippen LogP contribution in [0.4, 0.5) is 0 Å². The molecule has 1 rings (SSSR count). The van der Waals surface area contributed by atoms with Gasteiger partial charge in [0.05, 0.1) is 0 Å². The van der Waals surface area contributed by atoms with Gasteiger partial charge < -0.3 is 0 Å². The summed E-state index contributed by atoms with van der Waals surface area (Å²) in [6.07, 6.45) is 3.17. The first-order valence-electron chi connectivity index (χ1n) is 4.43. The number of rotatable bonds is 5. The molecule has 0 saturated carbocycles. The second-order valence-electron chi connectivity index (χ2n) is 2.73. The van der Waals surface area contributed by atoms with Gasteiger partial charge in [0.2, 0.25) is 0 Å². The van der Waals surface area contributed by atoms with Crippen molar-refractivity contribution in [2.75, 3.05) is 0 Å². The average Bonchev–Trinajstić information content (AvgIpc) is 2.20. The molecule has 2 heteroatoms. The van der Waals surface area contributed by atoms with E-state index in [1.165, 1.54) is 0 Å². The van der Waals surface area contributed by atoms with Crippen LogP contribution in [-0.2, 0) is 4.79 Å². The molecule has 0 radical (unpaired) electrons. The molecule has 0 atom stereocenters. The summed E-state index contributed by atoms with van der Waals surface area (Å²) in [5.74, 6) is 0. The molecular formula is C12H12OSe. The molecule has 0 amide bonds. The first-order valence-corrected chi connectivity index (χ1v) is 6.14. The van der Waals surface area contributed by atoms with Gasteiger partial charge in [0.1, 0.15) is 0 Å².